The van der Waals surface area contributed by atoms with Crippen molar-refractivity contribution in [1.82, 2.24) is 5.32 Å². The van der Waals surface area contributed by atoms with E-state index in [0.717, 1.165) is 44.6 Å². The summed E-state index contributed by atoms with van der Waals surface area (Å²) < 4.78 is 0. The second-order valence-electron chi connectivity index (χ2n) is 6.95. The molecule has 1 rings (SSSR count). The first kappa shape index (κ1) is 20.7. The third kappa shape index (κ3) is 8.06. The van der Waals surface area contributed by atoms with E-state index >= 15 is 0 Å². The van der Waals surface area contributed by atoms with Crippen molar-refractivity contribution in [2.45, 2.75) is 78.2 Å². The Morgan fingerprint density at radius 2 is 1.86 bits per heavy atom. The summed E-state index contributed by atoms with van der Waals surface area (Å²) in [5, 5.41) is 3.31. The van der Waals surface area contributed by atoms with Gasteiger partial charge in [0.05, 0.1) is 0 Å². The van der Waals surface area contributed by atoms with Crippen LogP contribution in [0, 0.1) is 17.8 Å². The van der Waals surface area contributed by atoms with Crippen molar-refractivity contribution in [3.8, 4) is 0 Å². The number of amides is 1. The Labute approximate surface area is 137 Å². The summed E-state index contributed by atoms with van der Waals surface area (Å²) in [6, 6.07) is 0.398. The molecule has 4 heteroatoms. The largest absolute Gasteiger partial charge is 0.353 e. The van der Waals surface area contributed by atoms with E-state index < -0.39 is 0 Å². The van der Waals surface area contributed by atoms with Crippen molar-refractivity contribution in [1.29, 1.82) is 0 Å². The molecule has 3 nitrogen and oxygen atoms in total. The van der Waals surface area contributed by atoms with E-state index in [2.05, 4.69) is 26.1 Å². The highest BCUT2D eigenvalue weighted by atomic mass is 35.5. The third-order valence-electron chi connectivity index (χ3n) is 4.73. The fourth-order valence-electron chi connectivity index (χ4n) is 3.43. The molecule has 0 radical (unpaired) electrons. The fourth-order valence-corrected chi connectivity index (χ4v) is 3.43. The lowest BCUT2D eigenvalue weighted by Crippen LogP contribution is -2.45. The molecule has 1 saturated carbocycles. The van der Waals surface area contributed by atoms with Gasteiger partial charge in [-0.15, -0.1) is 12.4 Å². The van der Waals surface area contributed by atoms with Crippen molar-refractivity contribution in [2.75, 3.05) is 6.54 Å². The van der Waals surface area contributed by atoms with Gasteiger partial charge in [0.15, 0.2) is 0 Å². The Hall–Kier alpha value is -0.280. The number of hydrogen-bond donors (Lipinski definition) is 2. The Morgan fingerprint density at radius 3 is 2.48 bits per heavy atom. The maximum atomic E-state index is 12.1. The van der Waals surface area contributed by atoms with Crippen LogP contribution in [0.1, 0.15) is 72.1 Å². The summed E-state index contributed by atoms with van der Waals surface area (Å²) in [4.78, 5) is 12.1. The maximum Gasteiger partial charge on any atom is 0.220 e. The molecular formula is C17H35ClN2O. The quantitative estimate of drug-likeness (QED) is 0.667. The summed E-state index contributed by atoms with van der Waals surface area (Å²) in [6.45, 7) is 7.64. The van der Waals surface area contributed by atoms with Crippen LogP contribution in [0.15, 0.2) is 0 Å². The zero-order chi connectivity index (χ0) is 15.0. The van der Waals surface area contributed by atoms with Crippen LogP contribution in [0.25, 0.3) is 0 Å². The highest BCUT2D eigenvalue weighted by molar-refractivity contribution is 5.85. The van der Waals surface area contributed by atoms with Crippen LogP contribution >= 0.6 is 12.4 Å². The summed E-state index contributed by atoms with van der Waals surface area (Å²) >= 11 is 0. The summed E-state index contributed by atoms with van der Waals surface area (Å²) in [7, 11) is 0. The van der Waals surface area contributed by atoms with Gasteiger partial charge < -0.3 is 11.1 Å². The minimum absolute atomic E-state index is 0. The van der Waals surface area contributed by atoms with Crippen LogP contribution in [-0.4, -0.2) is 18.5 Å². The normalized spacial score (nSPS) is 25.5. The molecule has 3 N–H and O–H groups in total. The predicted molar refractivity (Wildman–Crippen MR) is 92.7 cm³/mol. The van der Waals surface area contributed by atoms with Crippen molar-refractivity contribution >= 4 is 18.3 Å². The van der Waals surface area contributed by atoms with Crippen LogP contribution in [0.2, 0.25) is 0 Å². The van der Waals surface area contributed by atoms with Crippen LogP contribution in [0.4, 0.5) is 0 Å². The molecule has 1 fully saturated rings. The van der Waals surface area contributed by atoms with Gasteiger partial charge in [-0.05, 0) is 50.0 Å². The van der Waals surface area contributed by atoms with Crippen molar-refractivity contribution < 1.29 is 4.79 Å². The topological polar surface area (TPSA) is 55.1 Å². The van der Waals surface area contributed by atoms with Gasteiger partial charge >= 0.3 is 0 Å². The number of halogens is 1. The van der Waals surface area contributed by atoms with Crippen LogP contribution in [0.5, 0.6) is 0 Å². The first-order chi connectivity index (χ1) is 9.54. The van der Waals surface area contributed by atoms with Gasteiger partial charge in [0.2, 0.25) is 5.91 Å². The Balaban J connectivity index is 0.00000400. The molecule has 21 heavy (non-hydrogen) atoms. The lowest BCUT2D eigenvalue weighted by molar-refractivity contribution is -0.122. The van der Waals surface area contributed by atoms with E-state index in [1.807, 2.05) is 0 Å². The molecule has 0 aromatic heterocycles. The number of rotatable bonds is 8. The van der Waals surface area contributed by atoms with Gasteiger partial charge in [-0.25, -0.2) is 0 Å². The average Bonchev–Trinajstić information content (AvgIpc) is 2.38. The minimum Gasteiger partial charge on any atom is -0.353 e. The minimum atomic E-state index is 0. The second-order valence-corrected chi connectivity index (χ2v) is 6.95. The molecule has 3 unspecified atom stereocenters. The van der Waals surface area contributed by atoms with Gasteiger partial charge in [0.1, 0.15) is 0 Å². The number of nitrogens with one attached hydrogen (secondary N) is 1. The van der Waals surface area contributed by atoms with Crippen molar-refractivity contribution in [2.24, 2.45) is 23.5 Å². The van der Waals surface area contributed by atoms with Crippen molar-refractivity contribution in [3.05, 3.63) is 0 Å². The Bertz CT molecular complexity index is 284. The first-order valence-electron chi connectivity index (χ1n) is 8.54. The van der Waals surface area contributed by atoms with E-state index in [9.17, 15) is 4.79 Å². The van der Waals surface area contributed by atoms with E-state index in [0.29, 0.717) is 24.3 Å². The first-order valence-corrected chi connectivity index (χ1v) is 8.54. The van der Waals surface area contributed by atoms with E-state index in [1.54, 1.807) is 0 Å². The molecule has 1 amide bonds. The molecule has 0 aromatic rings. The van der Waals surface area contributed by atoms with Gasteiger partial charge in [0, 0.05) is 12.5 Å². The van der Waals surface area contributed by atoms with Crippen molar-refractivity contribution in [3.63, 3.8) is 0 Å². The van der Waals surface area contributed by atoms with Crippen LogP contribution < -0.4 is 11.1 Å². The number of hydrogen-bond acceptors (Lipinski definition) is 2. The van der Waals surface area contributed by atoms with Gasteiger partial charge in [-0.1, -0.05) is 40.0 Å². The molecule has 0 bridgehead atoms. The van der Waals surface area contributed by atoms with Gasteiger partial charge in [-0.3, -0.25) is 4.79 Å². The van der Waals surface area contributed by atoms with Gasteiger partial charge in [-0.2, -0.15) is 0 Å². The second kappa shape index (κ2) is 11.3. The molecule has 0 aliphatic heterocycles. The highest BCUT2D eigenvalue weighted by Gasteiger charge is 2.31. The molecule has 1 aliphatic rings. The molecule has 3 atom stereocenters. The Morgan fingerprint density at radius 1 is 1.19 bits per heavy atom. The van der Waals surface area contributed by atoms with E-state index in [4.69, 9.17) is 5.73 Å². The third-order valence-corrected chi connectivity index (χ3v) is 4.73. The fraction of sp³-hybridized carbons (Fsp3) is 0.941. The summed E-state index contributed by atoms with van der Waals surface area (Å²) in [5.74, 6) is 2.33. The molecule has 126 valence electrons. The average molecular weight is 319 g/mol. The smallest absolute Gasteiger partial charge is 0.220 e. The summed E-state index contributed by atoms with van der Waals surface area (Å²) in [6.07, 6.45) is 8.77. The lowest BCUT2D eigenvalue weighted by Gasteiger charge is -2.37. The lowest BCUT2D eigenvalue weighted by atomic mass is 9.74. The zero-order valence-corrected chi connectivity index (χ0v) is 14.9. The molecule has 1 aliphatic carbocycles. The number of carbonyl (C=O) groups excluding carboxylic acids is 1. The van der Waals surface area contributed by atoms with E-state index in [1.165, 1.54) is 12.8 Å². The maximum absolute atomic E-state index is 12.1. The zero-order valence-electron chi connectivity index (χ0n) is 14.1. The Kier molecular flexibility index (Phi) is 11.2. The number of unbranched alkanes of at least 4 members (excludes halogenated alkanes) is 3. The standard InChI is InChI=1S/C17H34N2O.ClH/c1-13(2)15-10-9-14(3)12-16(15)19-17(20)8-6-4-5-7-11-18;/h13-16H,4-12,18H2,1-3H3,(H,19,20);1H. The predicted octanol–water partition coefficient (Wildman–Crippen LogP) is 3.89. The van der Waals surface area contributed by atoms with E-state index in [-0.39, 0.29) is 18.3 Å². The van der Waals surface area contributed by atoms with Crippen LogP contribution in [0.3, 0.4) is 0 Å². The molecular weight excluding hydrogens is 284 g/mol. The monoisotopic (exact) mass is 318 g/mol. The highest BCUT2D eigenvalue weighted by Crippen LogP contribution is 2.33. The molecule has 0 spiro atoms. The molecule has 0 aromatic carbocycles. The van der Waals surface area contributed by atoms with Crippen LogP contribution in [-0.2, 0) is 4.79 Å². The molecule has 0 heterocycles. The number of carbonyl (C=O) groups is 1. The van der Waals surface area contributed by atoms with Gasteiger partial charge in [0.25, 0.3) is 0 Å². The summed E-state index contributed by atoms with van der Waals surface area (Å²) in [5.41, 5.74) is 5.47. The SMILES string of the molecule is CC1CCC(C(C)C)C(NC(=O)CCCCCCN)C1.Cl. The number of nitrogens with two attached hydrogens (primary N) is 1. The molecule has 0 saturated heterocycles.